The quantitative estimate of drug-likeness (QED) is 0.760. The second-order valence-electron chi connectivity index (χ2n) is 4.65. The van der Waals surface area contributed by atoms with Crippen molar-refractivity contribution in [3.05, 3.63) is 53.0 Å². The van der Waals surface area contributed by atoms with E-state index in [0.717, 1.165) is 22.8 Å². The maximum Gasteiger partial charge on any atom is 0.193 e. The molecule has 0 spiro atoms. The van der Waals surface area contributed by atoms with Crippen molar-refractivity contribution < 1.29 is 9.13 Å². The fourth-order valence-corrected chi connectivity index (χ4v) is 2.80. The van der Waals surface area contributed by atoms with E-state index in [9.17, 15) is 4.39 Å². The van der Waals surface area contributed by atoms with E-state index in [1.807, 2.05) is 29.1 Å². The van der Waals surface area contributed by atoms with E-state index in [-0.39, 0.29) is 5.82 Å². The molecule has 3 rings (SSSR count). The zero-order valence-corrected chi connectivity index (χ0v) is 12.5. The van der Waals surface area contributed by atoms with Crippen molar-refractivity contribution in [2.45, 2.75) is 20.1 Å². The van der Waals surface area contributed by atoms with E-state index < -0.39 is 0 Å². The van der Waals surface area contributed by atoms with Crippen molar-refractivity contribution in [2.24, 2.45) is 0 Å². The summed E-state index contributed by atoms with van der Waals surface area (Å²) < 4.78 is 21.1. The molecule has 0 aliphatic carbocycles. The summed E-state index contributed by atoms with van der Waals surface area (Å²) in [5.74, 6) is 0.437. The van der Waals surface area contributed by atoms with Crippen molar-refractivity contribution in [1.82, 2.24) is 14.7 Å². The Labute approximate surface area is 126 Å². The molecular weight excluding hydrogens is 289 g/mol. The molecule has 0 saturated carbocycles. The van der Waals surface area contributed by atoms with E-state index in [1.165, 1.54) is 12.1 Å². The van der Waals surface area contributed by atoms with Crippen molar-refractivity contribution in [3.8, 4) is 5.75 Å². The fourth-order valence-electron chi connectivity index (χ4n) is 2.08. The minimum atomic E-state index is -0.252. The SMILES string of the molecule is CCNCc1cc(F)ccc1OCc1cn2ccsc2n1. The maximum absolute atomic E-state index is 13.3. The van der Waals surface area contributed by atoms with Gasteiger partial charge < -0.3 is 10.1 Å². The predicted octanol–water partition coefficient (Wildman–Crippen LogP) is 3.22. The van der Waals surface area contributed by atoms with Gasteiger partial charge in [0.15, 0.2) is 4.96 Å². The summed E-state index contributed by atoms with van der Waals surface area (Å²) in [6, 6.07) is 4.58. The number of halogens is 1. The zero-order valence-electron chi connectivity index (χ0n) is 11.7. The first-order valence-electron chi connectivity index (χ1n) is 6.79. The molecule has 6 heteroatoms. The lowest BCUT2D eigenvalue weighted by atomic mass is 10.2. The zero-order chi connectivity index (χ0) is 14.7. The van der Waals surface area contributed by atoms with Gasteiger partial charge in [-0.2, -0.15) is 0 Å². The van der Waals surface area contributed by atoms with Crippen LogP contribution in [0.1, 0.15) is 18.2 Å². The van der Waals surface area contributed by atoms with Crippen molar-refractivity contribution in [2.75, 3.05) is 6.54 Å². The Morgan fingerprint density at radius 2 is 2.33 bits per heavy atom. The van der Waals surface area contributed by atoms with Crippen molar-refractivity contribution >= 4 is 16.3 Å². The lowest BCUT2D eigenvalue weighted by Gasteiger charge is -2.11. The monoisotopic (exact) mass is 305 g/mol. The van der Waals surface area contributed by atoms with Crippen LogP contribution in [0.4, 0.5) is 4.39 Å². The maximum atomic E-state index is 13.3. The molecule has 4 nitrogen and oxygen atoms in total. The summed E-state index contributed by atoms with van der Waals surface area (Å²) in [7, 11) is 0. The number of nitrogens with one attached hydrogen (secondary N) is 1. The Morgan fingerprint density at radius 1 is 1.43 bits per heavy atom. The van der Waals surface area contributed by atoms with E-state index >= 15 is 0 Å². The highest BCUT2D eigenvalue weighted by atomic mass is 32.1. The second kappa shape index (κ2) is 6.24. The van der Waals surface area contributed by atoms with Crippen LogP contribution >= 0.6 is 11.3 Å². The first-order chi connectivity index (χ1) is 10.3. The van der Waals surface area contributed by atoms with Crippen LogP contribution in [-0.2, 0) is 13.2 Å². The number of aromatic nitrogens is 2. The molecule has 3 aromatic rings. The highest BCUT2D eigenvalue weighted by Crippen LogP contribution is 2.21. The Kier molecular flexibility index (Phi) is 4.17. The van der Waals surface area contributed by atoms with Gasteiger partial charge in [-0.15, -0.1) is 11.3 Å². The number of nitrogens with zero attached hydrogens (tertiary/aromatic N) is 2. The van der Waals surface area contributed by atoms with Crippen LogP contribution in [0, 0.1) is 5.82 Å². The smallest absolute Gasteiger partial charge is 0.193 e. The highest BCUT2D eigenvalue weighted by molar-refractivity contribution is 7.15. The van der Waals surface area contributed by atoms with Crippen LogP contribution < -0.4 is 10.1 Å². The molecular formula is C15H16FN3OS. The van der Waals surface area contributed by atoms with Crippen LogP contribution in [0.25, 0.3) is 4.96 Å². The van der Waals surface area contributed by atoms with Crippen LogP contribution in [-0.4, -0.2) is 15.9 Å². The number of hydrogen-bond donors (Lipinski definition) is 1. The summed E-state index contributed by atoms with van der Waals surface area (Å²) >= 11 is 1.58. The van der Waals surface area contributed by atoms with Crippen LogP contribution in [0.5, 0.6) is 5.75 Å². The van der Waals surface area contributed by atoms with Crippen LogP contribution in [0.3, 0.4) is 0 Å². The summed E-state index contributed by atoms with van der Waals surface area (Å²) in [4.78, 5) is 5.41. The standard InChI is InChI=1S/C15H16FN3OS/c1-2-17-8-11-7-12(16)3-4-14(11)20-10-13-9-19-5-6-21-15(19)18-13/h3-7,9,17H,2,8,10H2,1H3. The van der Waals surface area contributed by atoms with Gasteiger partial charge in [0.05, 0.1) is 5.69 Å². The fraction of sp³-hybridized carbons (Fsp3) is 0.267. The molecule has 110 valence electrons. The third kappa shape index (κ3) is 3.22. The highest BCUT2D eigenvalue weighted by Gasteiger charge is 2.08. The molecule has 1 aromatic carbocycles. The molecule has 0 aliphatic rings. The molecule has 0 atom stereocenters. The average Bonchev–Trinajstić information content (AvgIpc) is 3.05. The second-order valence-corrected chi connectivity index (χ2v) is 5.52. The van der Waals surface area contributed by atoms with Gasteiger partial charge in [-0.05, 0) is 24.7 Å². The van der Waals surface area contributed by atoms with E-state index in [0.29, 0.717) is 18.9 Å². The van der Waals surface area contributed by atoms with Crippen LogP contribution in [0.15, 0.2) is 36.0 Å². The summed E-state index contributed by atoms with van der Waals surface area (Å²) in [6.45, 7) is 3.80. The first-order valence-corrected chi connectivity index (χ1v) is 7.67. The number of imidazole rings is 1. The number of rotatable bonds is 6. The molecule has 0 fully saturated rings. The largest absolute Gasteiger partial charge is 0.487 e. The van der Waals surface area contributed by atoms with Crippen molar-refractivity contribution in [1.29, 1.82) is 0 Å². The van der Waals surface area contributed by atoms with Gasteiger partial charge >= 0.3 is 0 Å². The van der Waals surface area contributed by atoms with Gasteiger partial charge in [-0.25, -0.2) is 9.37 Å². The van der Waals surface area contributed by atoms with E-state index in [4.69, 9.17) is 4.74 Å². The van der Waals surface area contributed by atoms with E-state index in [1.54, 1.807) is 17.4 Å². The number of ether oxygens (including phenoxy) is 1. The normalized spacial score (nSPS) is 11.1. The summed E-state index contributed by atoms with van der Waals surface area (Å²) in [6.07, 6.45) is 3.91. The summed E-state index contributed by atoms with van der Waals surface area (Å²) in [5, 5.41) is 5.17. The van der Waals surface area contributed by atoms with Gasteiger partial charge in [-0.1, -0.05) is 6.92 Å². The third-order valence-corrected chi connectivity index (χ3v) is 3.88. The van der Waals surface area contributed by atoms with Gasteiger partial charge in [0.1, 0.15) is 18.2 Å². The lowest BCUT2D eigenvalue weighted by Crippen LogP contribution is -2.13. The minimum absolute atomic E-state index is 0.252. The van der Waals surface area contributed by atoms with Gasteiger partial charge in [0, 0.05) is 29.9 Å². The van der Waals surface area contributed by atoms with Crippen molar-refractivity contribution in [3.63, 3.8) is 0 Å². The number of thiazole rings is 1. The van der Waals surface area contributed by atoms with Crippen LogP contribution in [0.2, 0.25) is 0 Å². The first kappa shape index (κ1) is 14.0. The Morgan fingerprint density at radius 3 is 3.14 bits per heavy atom. The van der Waals surface area contributed by atoms with E-state index in [2.05, 4.69) is 10.3 Å². The molecule has 0 radical (unpaired) electrons. The molecule has 1 N–H and O–H groups in total. The Hall–Kier alpha value is -1.92. The minimum Gasteiger partial charge on any atom is -0.487 e. The topological polar surface area (TPSA) is 38.6 Å². The number of fused-ring (bicyclic) bond motifs is 1. The van der Waals surface area contributed by atoms with Gasteiger partial charge in [0.2, 0.25) is 0 Å². The number of benzene rings is 1. The molecule has 0 bridgehead atoms. The third-order valence-electron chi connectivity index (χ3n) is 3.11. The molecule has 0 amide bonds. The lowest BCUT2D eigenvalue weighted by molar-refractivity contribution is 0.297. The molecule has 2 aromatic heterocycles. The molecule has 0 unspecified atom stereocenters. The molecule has 21 heavy (non-hydrogen) atoms. The van der Waals surface area contributed by atoms with Gasteiger partial charge in [-0.3, -0.25) is 4.40 Å². The molecule has 2 heterocycles. The number of hydrogen-bond acceptors (Lipinski definition) is 4. The molecule has 0 aliphatic heterocycles. The average molecular weight is 305 g/mol. The Bertz CT molecular complexity index is 709. The van der Waals surface area contributed by atoms with Gasteiger partial charge in [0.25, 0.3) is 0 Å². The predicted molar refractivity (Wildman–Crippen MR) is 81.2 cm³/mol. The molecule has 0 saturated heterocycles. The Balaban J connectivity index is 1.73. The summed E-state index contributed by atoms with van der Waals surface area (Å²) in [5.41, 5.74) is 1.68.